The van der Waals surface area contributed by atoms with Crippen molar-refractivity contribution in [3.05, 3.63) is 58.7 Å². The minimum Gasteiger partial charge on any atom is -0.350 e. The Morgan fingerprint density at radius 3 is 1.20 bits per heavy atom. The molecule has 0 saturated heterocycles. The second-order valence-electron chi connectivity index (χ2n) is 12.6. The van der Waals surface area contributed by atoms with Gasteiger partial charge in [-0.05, 0) is 49.2 Å². The van der Waals surface area contributed by atoms with E-state index in [2.05, 4.69) is 0 Å². The molecule has 2 aromatic rings. The zero-order valence-electron chi connectivity index (χ0n) is 30.6. The maximum absolute atomic E-state index is 13.2. The van der Waals surface area contributed by atoms with E-state index in [9.17, 15) is 62.3 Å². The molecule has 0 fully saturated rings. The minimum atomic E-state index is -4.92. The number of amides is 2. The number of hydrogen-bond donors (Lipinski definition) is 0. The Hall–Kier alpha value is -4.88. The summed E-state index contributed by atoms with van der Waals surface area (Å²) in [6.07, 6.45) is -17.9. The van der Waals surface area contributed by atoms with Crippen LogP contribution in [0.25, 0.3) is 0 Å². The molecule has 2 amide bonds. The predicted octanol–water partition coefficient (Wildman–Crippen LogP) is 8.80. The standard InChI is InChI=1S/C18H21F6N3O.C17H19F6N3O/c1-4-5-6-15(16(28)26(2)3)27(11-17(19,20)21)13-8-7-12(10-25)14(9-13)18(22,23)24;1-4-5-14(15(27)25(2)3)26(10-16(18,19)20)12-7-6-11(9-24)13(8-12)17(21,22)23/h7-9,15H,4-6,11H2,1-3H3;6-8,14H,4-5,10H2,1-3H3. The lowest BCUT2D eigenvalue weighted by Crippen LogP contribution is -2.50. The van der Waals surface area contributed by atoms with Gasteiger partial charge in [0.1, 0.15) is 25.2 Å². The molecule has 0 aliphatic carbocycles. The number of anilines is 2. The summed E-state index contributed by atoms with van der Waals surface area (Å²) in [5, 5.41) is 17.7. The van der Waals surface area contributed by atoms with Gasteiger partial charge in [0.05, 0.1) is 34.4 Å². The number of rotatable bonds is 13. The monoisotopic (exact) mass is 804 g/mol. The molecule has 2 atom stereocenters. The van der Waals surface area contributed by atoms with Crippen molar-refractivity contribution in [2.75, 3.05) is 51.1 Å². The number of hydrogen-bond acceptors (Lipinski definition) is 6. The first-order valence-corrected chi connectivity index (χ1v) is 16.4. The third-order valence-electron chi connectivity index (χ3n) is 7.82. The summed E-state index contributed by atoms with van der Waals surface area (Å²) < 4.78 is 158. The molecule has 0 aromatic heterocycles. The zero-order valence-corrected chi connectivity index (χ0v) is 30.6. The van der Waals surface area contributed by atoms with Gasteiger partial charge in [-0.15, -0.1) is 0 Å². The first-order chi connectivity index (χ1) is 25.1. The molecule has 0 aliphatic heterocycles. The number of nitriles is 2. The molecule has 0 radical (unpaired) electrons. The summed E-state index contributed by atoms with van der Waals surface area (Å²) in [4.78, 5) is 28.3. The van der Waals surface area contributed by atoms with Gasteiger partial charge < -0.3 is 19.6 Å². The first kappa shape index (κ1) is 48.1. The zero-order chi connectivity index (χ0) is 42.7. The van der Waals surface area contributed by atoms with Crippen LogP contribution < -0.4 is 9.80 Å². The van der Waals surface area contributed by atoms with Gasteiger partial charge in [-0.3, -0.25) is 9.59 Å². The summed E-state index contributed by atoms with van der Waals surface area (Å²) in [6, 6.07) is 4.78. The third kappa shape index (κ3) is 14.7. The van der Waals surface area contributed by atoms with Crippen molar-refractivity contribution in [1.82, 2.24) is 9.80 Å². The fourth-order valence-corrected chi connectivity index (χ4v) is 5.33. The SMILES string of the molecule is CCCC(C(=O)N(C)C)N(CC(F)(F)F)c1ccc(C#N)c(C(F)(F)F)c1.CCCCC(C(=O)N(C)C)N(CC(F)(F)F)c1ccc(C#N)c(C(F)(F)F)c1. The highest BCUT2D eigenvalue weighted by molar-refractivity contribution is 5.86. The Balaban J connectivity index is 0.000000550. The first-order valence-electron chi connectivity index (χ1n) is 16.4. The summed E-state index contributed by atoms with van der Waals surface area (Å²) in [5.74, 6) is -1.30. The lowest BCUT2D eigenvalue weighted by atomic mass is 10.0. The Bertz CT molecular complexity index is 1670. The summed E-state index contributed by atoms with van der Waals surface area (Å²) in [5.41, 5.74) is -4.93. The van der Waals surface area contributed by atoms with Gasteiger partial charge in [0, 0.05) is 39.6 Å². The lowest BCUT2D eigenvalue weighted by Gasteiger charge is -2.35. The number of carbonyl (C=O) groups excluding carboxylic acids is 2. The van der Waals surface area contributed by atoms with E-state index in [-0.39, 0.29) is 12.8 Å². The molecule has 0 spiro atoms. The molecule has 8 nitrogen and oxygen atoms in total. The van der Waals surface area contributed by atoms with Crippen LogP contribution in [0.5, 0.6) is 0 Å². The maximum Gasteiger partial charge on any atom is 0.417 e. The molecule has 306 valence electrons. The maximum atomic E-state index is 13.2. The van der Waals surface area contributed by atoms with E-state index < -0.39 is 95.3 Å². The second-order valence-corrected chi connectivity index (χ2v) is 12.6. The van der Waals surface area contributed by atoms with Crippen LogP contribution in [0.3, 0.4) is 0 Å². The van der Waals surface area contributed by atoms with Crippen LogP contribution in [0.4, 0.5) is 64.1 Å². The summed E-state index contributed by atoms with van der Waals surface area (Å²) in [7, 11) is 5.45. The van der Waals surface area contributed by atoms with E-state index in [1.165, 1.54) is 40.3 Å². The van der Waals surface area contributed by atoms with E-state index in [4.69, 9.17) is 10.5 Å². The van der Waals surface area contributed by atoms with Gasteiger partial charge in [0.2, 0.25) is 11.8 Å². The van der Waals surface area contributed by atoms with Crippen LogP contribution in [-0.2, 0) is 21.9 Å². The largest absolute Gasteiger partial charge is 0.417 e. The van der Waals surface area contributed by atoms with Gasteiger partial charge in [-0.25, -0.2) is 0 Å². The topological polar surface area (TPSA) is 94.7 Å². The summed E-state index contributed by atoms with van der Waals surface area (Å²) >= 11 is 0. The van der Waals surface area contributed by atoms with Crippen molar-refractivity contribution >= 4 is 23.2 Å². The van der Waals surface area contributed by atoms with Crippen LogP contribution >= 0.6 is 0 Å². The van der Waals surface area contributed by atoms with E-state index in [0.717, 1.165) is 34.1 Å². The van der Waals surface area contributed by atoms with Gasteiger partial charge >= 0.3 is 24.7 Å². The van der Waals surface area contributed by atoms with Crippen molar-refractivity contribution in [3.63, 3.8) is 0 Å². The molecule has 0 heterocycles. The van der Waals surface area contributed by atoms with E-state index in [0.29, 0.717) is 41.2 Å². The Labute approximate surface area is 310 Å². The lowest BCUT2D eigenvalue weighted by molar-refractivity contribution is -0.138. The molecule has 0 saturated carbocycles. The van der Waals surface area contributed by atoms with E-state index >= 15 is 0 Å². The van der Waals surface area contributed by atoms with E-state index in [1.54, 1.807) is 13.8 Å². The normalized spacial score (nSPS) is 13.0. The molecule has 20 heteroatoms. The number of alkyl halides is 12. The number of nitrogens with zero attached hydrogens (tertiary/aromatic N) is 6. The number of likely N-dealkylation sites (N-methyl/N-ethyl adjacent to an activating group) is 2. The number of benzene rings is 2. The fourth-order valence-electron chi connectivity index (χ4n) is 5.33. The van der Waals surface area contributed by atoms with Crippen molar-refractivity contribution < 1.29 is 62.3 Å². The van der Waals surface area contributed by atoms with Crippen molar-refractivity contribution in [2.45, 2.75) is 82.7 Å². The molecule has 0 bridgehead atoms. The highest BCUT2D eigenvalue weighted by Gasteiger charge is 2.41. The molecule has 2 unspecified atom stereocenters. The van der Waals surface area contributed by atoms with Crippen molar-refractivity contribution in [1.29, 1.82) is 10.5 Å². The fraction of sp³-hybridized carbons (Fsp3) is 0.543. The van der Waals surface area contributed by atoms with Gasteiger partial charge in [-0.2, -0.15) is 63.2 Å². The van der Waals surface area contributed by atoms with Crippen molar-refractivity contribution in [2.24, 2.45) is 0 Å². The molecular formula is C35H40F12N6O2. The molecular weight excluding hydrogens is 764 g/mol. The van der Waals surface area contributed by atoms with Gasteiger partial charge in [0.25, 0.3) is 0 Å². The van der Waals surface area contributed by atoms with Crippen LogP contribution in [0.1, 0.15) is 68.2 Å². The van der Waals surface area contributed by atoms with E-state index in [1.807, 2.05) is 0 Å². The second kappa shape index (κ2) is 19.6. The Morgan fingerprint density at radius 2 is 0.945 bits per heavy atom. The molecule has 0 N–H and O–H groups in total. The van der Waals surface area contributed by atoms with Gasteiger partial charge in [-0.1, -0.05) is 33.1 Å². The van der Waals surface area contributed by atoms with Crippen LogP contribution in [0.15, 0.2) is 36.4 Å². The molecule has 2 rings (SSSR count). The van der Waals surface area contributed by atoms with Crippen LogP contribution in [-0.4, -0.2) is 87.3 Å². The van der Waals surface area contributed by atoms with Crippen LogP contribution in [0, 0.1) is 22.7 Å². The Morgan fingerprint density at radius 1 is 0.600 bits per heavy atom. The molecule has 0 aliphatic rings. The Kier molecular flexibility index (Phi) is 17.2. The van der Waals surface area contributed by atoms with Crippen LogP contribution in [0.2, 0.25) is 0 Å². The quantitative estimate of drug-likeness (QED) is 0.188. The number of unbranched alkanes of at least 4 members (excludes halogenated alkanes) is 1. The average molecular weight is 805 g/mol. The minimum absolute atomic E-state index is 0.0223. The average Bonchev–Trinajstić information content (AvgIpc) is 3.06. The smallest absolute Gasteiger partial charge is 0.350 e. The predicted molar refractivity (Wildman–Crippen MR) is 179 cm³/mol. The summed E-state index contributed by atoms with van der Waals surface area (Å²) in [6.45, 7) is 0.251. The third-order valence-corrected chi connectivity index (χ3v) is 7.82. The highest BCUT2D eigenvalue weighted by atomic mass is 19.4. The molecule has 2 aromatic carbocycles. The number of halogens is 12. The highest BCUT2D eigenvalue weighted by Crippen LogP contribution is 2.38. The van der Waals surface area contributed by atoms with Crippen molar-refractivity contribution in [3.8, 4) is 12.1 Å². The van der Waals surface area contributed by atoms with Gasteiger partial charge in [0.15, 0.2) is 0 Å². The number of carbonyl (C=O) groups is 2. The molecule has 55 heavy (non-hydrogen) atoms.